The number of rotatable bonds is 6. The number of aromatic nitrogens is 2. The molecule has 0 aliphatic heterocycles. The molecule has 0 fully saturated rings. The van der Waals surface area contributed by atoms with E-state index in [1.165, 1.54) is 0 Å². The first kappa shape index (κ1) is 26.6. The molecule has 0 atom stereocenters. The van der Waals surface area contributed by atoms with Crippen LogP contribution >= 0.6 is 0 Å². The van der Waals surface area contributed by atoms with Gasteiger partial charge in [-0.1, -0.05) is 6.07 Å². The van der Waals surface area contributed by atoms with E-state index in [0.29, 0.717) is 22.5 Å². The molecule has 40 heavy (non-hydrogen) atoms. The SMILES string of the molecule is Cc1cc(N(C)C)c2ccc(C(=O)Nc3cccc(NC(=O)c4ccc5c(N(C)C)cc(C)nc5c4)c3)cc2n1. The molecule has 5 aromatic rings. The normalized spacial score (nSPS) is 10.9. The molecule has 0 saturated carbocycles. The van der Waals surface area contributed by atoms with Gasteiger partial charge in [-0.05, 0) is 80.6 Å². The zero-order valence-corrected chi connectivity index (χ0v) is 23.5. The number of carbonyl (C=O) groups is 2. The Morgan fingerprint density at radius 3 is 1.43 bits per heavy atom. The van der Waals surface area contributed by atoms with Crippen molar-refractivity contribution in [2.75, 3.05) is 48.6 Å². The number of fused-ring (bicyclic) bond motifs is 2. The molecule has 0 bridgehead atoms. The first-order valence-corrected chi connectivity index (χ1v) is 13.0. The summed E-state index contributed by atoms with van der Waals surface area (Å²) >= 11 is 0. The molecule has 2 N–H and O–H groups in total. The summed E-state index contributed by atoms with van der Waals surface area (Å²) in [5.41, 5.74) is 7.52. The van der Waals surface area contributed by atoms with Gasteiger partial charge in [0.1, 0.15) is 0 Å². The van der Waals surface area contributed by atoms with Gasteiger partial charge in [0.15, 0.2) is 0 Å². The number of carbonyl (C=O) groups excluding carboxylic acids is 2. The standard InChI is InChI=1S/C32H32N6O2/c1-19-14-29(37(3)4)25-12-10-21(16-27(25)33-19)31(39)35-23-8-7-9-24(18-23)36-32(40)22-11-13-26-28(17-22)34-20(2)15-30(26)38(5)6/h7-18H,1-6H3,(H,35,39)(H,36,40). The van der Waals surface area contributed by atoms with Gasteiger partial charge in [-0.15, -0.1) is 0 Å². The van der Waals surface area contributed by atoms with Crippen LogP contribution in [0.1, 0.15) is 32.1 Å². The predicted molar refractivity (Wildman–Crippen MR) is 164 cm³/mol. The quantitative estimate of drug-likeness (QED) is 0.277. The molecule has 0 radical (unpaired) electrons. The highest BCUT2D eigenvalue weighted by Crippen LogP contribution is 2.28. The van der Waals surface area contributed by atoms with Crippen LogP contribution in [0.4, 0.5) is 22.7 Å². The van der Waals surface area contributed by atoms with Crippen molar-refractivity contribution in [3.05, 3.63) is 95.3 Å². The second-order valence-corrected chi connectivity index (χ2v) is 10.3. The molecule has 5 rings (SSSR count). The van der Waals surface area contributed by atoms with Crippen LogP contribution < -0.4 is 20.4 Å². The van der Waals surface area contributed by atoms with Gasteiger partial charge in [-0.2, -0.15) is 0 Å². The van der Waals surface area contributed by atoms with E-state index in [0.717, 1.165) is 44.6 Å². The van der Waals surface area contributed by atoms with Crippen molar-refractivity contribution >= 4 is 56.4 Å². The van der Waals surface area contributed by atoms with Crippen molar-refractivity contribution in [2.24, 2.45) is 0 Å². The lowest BCUT2D eigenvalue weighted by Crippen LogP contribution is -2.14. The third-order valence-corrected chi connectivity index (χ3v) is 6.70. The van der Waals surface area contributed by atoms with Crippen LogP contribution in [0, 0.1) is 13.8 Å². The van der Waals surface area contributed by atoms with Crippen LogP contribution in [0.5, 0.6) is 0 Å². The van der Waals surface area contributed by atoms with Crippen molar-refractivity contribution in [1.82, 2.24) is 9.97 Å². The minimum atomic E-state index is -0.257. The molecule has 8 nitrogen and oxygen atoms in total. The molecule has 202 valence electrons. The molecule has 0 aliphatic rings. The second-order valence-electron chi connectivity index (χ2n) is 10.3. The number of anilines is 4. The summed E-state index contributed by atoms with van der Waals surface area (Å²) in [6.45, 7) is 3.88. The summed E-state index contributed by atoms with van der Waals surface area (Å²) in [6.07, 6.45) is 0. The zero-order chi connectivity index (χ0) is 28.6. The highest BCUT2D eigenvalue weighted by atomic mass is 16.2. The monoisotopic (exact) mass is 532 g/mol. The van der Waals surface area contributed by atoms with Crippen molar-refractivity contribution < 1.29 is 9.59 Å². The van der Waals surface area contributed by atoms with Gasteiger partial charge in [-0.25, -0.2) is 0 Å². The number of benzene rings is 3. The van der Waals surface area contributed by atoms with E-state index < -0.39 is 0 Å². The Kier molecular flexibility index (Phi) is 7.09. The fourth-order valence-corrected chi connectivity index (χ4v) is 4.78. The Bertz CT molecular complexity index is 1650. The van der Waals surface area contributed by atoms with Gasteiger partial charge < -0.3 is 20.4 Å². The number of nitrogens with one attached hydrogen (secondary N) is 2. The summed E-state index contributed by atoms with van der Waals surface area (Å²) in [5.74, 6) is -0.513. The van der Waals surface area contributed by atoms with Gasteiger partial charge in [0.2, 0.25) is 0 Å². The van der Waals surface area contributed by atoms with Crippen LogP contribution in [0.2, 0.25) is 0 Å². The number of aryl methyl sites for hydroxylation is 2. The first-order chi connectivity index (χ1) is 19.1. The van der Waals surface area contributed by atoms with Gasteiger partial charge in [0.25, 0.3) is 11.8 Å². The summed E-state index contributed by atoms with van der Waals surface area (Å²) in [7, 11) is 7.94. The lowest BCUT2D eigenvalue weighted by molar-refractivity contribution is 0.101. The van der Waals surface area contributed by atoms with Crippen molar-refractivity contribution in [3.63, 3.8) is 0 Å². The summed E-state index contributed by atoms with van der Waals surface area (Å²) in [4.78, 5) is 39.5. The van der Waals surface area contributed by atoms with Gasteiger partial charge in [0.05, 0.1) is 11.0 Å². The fourth-order valence-electron chi connectivity index (χ4n) is 4.78. The number of nitrogens with zero attached hydrogens (tertiary/aromatic N) is 4. The Morgan fingerprint density at radius 2 is 1.02 bits per heavy atom. The number of hydrogen-bond donors (Lipinski definition) is 2. The zero-order valence-electron chi connectivity index (χ0n) is 23.5. The number of pyridine rings is 2. The molecule has 2 amide bonds. The van der Waals surface area contributed by atoms with E-state index in [9.17, 15) is 9.59 Å². The van der Waals surface area contributed by atoms with Crippen LogP contribution in [-0.2, 0) is 0 Å². The van der Waals surface area contributed by atoms with E-state index in [4.69, 9.17) is 0 Å². The van der Waals surface area contributed by atoms with Gasteiger partial charge in [-0.3, -0.25) is 19.6 Å². The van der Waals surface area contributed by atoms with E-state index in [1.807, 2.05) is 76.1 Å². The summed E-state index contributed by atoms with van der Waals surface area (Å²) in [5, 5.41) is 7.83. The maximum atomic E-state index is 13.1. The van der Waals surface area contributed by atoms with E-state index in [2.05, 4.69) is 20.6 Å². The molecule has 0 unspecified atom stereocenters. The Balaban J connectivity index is 1.34. The molecule has 2 heterocycles. The Hall–Kier alpha value is -4.98. The largest absolute Gasteiger partial charge is 0.377 e. The van der Waals surface area contributed by atoms with Crippen molar-refractivity contribution in [2.45, 2.75) is 13.8 Å². The van der Waals surface area contributed by atoms with E-state index in [1.54, 1.807) is 48.5 Å². The topological polar surface area (TPSA) is 90.5 Å². The molecule has 0 aliphatic carbocycles. The molecule has 3 aromatic carbocycles. The minimum absolute atomic E-state index is 0.257. The smallest absolute Gasteiger partial charge is 0.255 e. The number of hydrogen-bond acceptors (Lipinski definition) is 6. The highest BCUT2D eigenvalue weighted by Gasteiger charge is 2.14. The van der Waals surface area contributed by atoms with Crippen molar-refractivity contribution in [1.29, 1.82) is 0 Å². The Morgan fingerprint density at radius 1 is 0.600 bits per heavy atom. The first-order valence-electron chi connectivity index (χ1n) is 13.0. The number of amides is 2. The van der Waals surface area contributed by atoms with Gasteiger partial charge in [0, 0.05) is 84.2 Å². The van der Waals surface area contributed by atoms with Crippen LogP contribution in [0.15, 0.2) is 72.8 Å². The fraction of sp³-hybridized carbons (Fsp3) is 0.188. The average Bonchev–Trinajstić information content (AvgIpc) is 2.91. The summed E-state index contributed by atoms with van der Waals surface area (Å²) < 4.78 is 0. The molecule has 0 saturated heterocycles. The third-order valence-electron chi connectivity index (χ3n) is 6.70. The predicted octanol–water partition coefficient (Wildman–Crippen LogP) is 6.04. The third kappa shape index (κ3) is 5.42. The summed E-state index contributed by atoms with van der Waals surface area (Å²) in [6, 6.07) is 22.2. The molecular weight excluding hydrogens is 500 g/mol. The molecular formula is C32H32N6O2. The molecule has 0 spiro atoms. The second kappa shape index (κ2) is 10.6. The minimum Gasteiger partial charge on any atom is -0.377 e. The van der Waals surface area contributed by atoms with Crippen molar-refractivity contribution in [3.8, 4) is 0 Å². The van der Waals surface area contributed by atoms with E-state index in [-0.39, 0.29) is 11.8 Å². The highest BCUT2D eigenvalue weighted by molar-refractivity contribution is 6.09. The lowest BCUT2D eigenvalue weighted by atomic mass is 10.1. The average molecular weight is 533 g/mol. The van der Waals surface area contributed by atoms with Crippen LogP contribution in [0.3, 0.4) is 0 Å². The van der Waals surface area contributed by atoms with Crippen LogP contribution in [0.25, 0.3) is 21.8 Å². The molecule has 8 heteroatoms. The van der Waals surface area contributed by atoms with E-state index >= 15 is 0 Å². The van der Waals surface area contributed by atoms with Gasteiger partial charge >= 0.3 is 0 Å². The van der Waals surface area contributed by atoms with Crippen LogP contribution in [-0.4, -0.2) is 50.0 Å². The maximum absolute atomic E-state index is 13.1. The lowest BCUT2D eigenvalue weighted by Gasteiger charge is -2.16. The maximum Gasteiger partial charge on any atom is 0.255 e. The Labute approximate surface area is 233 Å². The molecule has 2 aromatic heterocycles.